The fourth-order valence-electron chi connectivity index (χ4n) is 1.41. The lowest BCUT2D eigenvalue weighted by Gasteiger charge is -2.07. The Balaban J connectivity index is 2.14. The van der Waals surface area contributed by atoms with Gasteiger partial charge in [0.25, 0.3) is 0 Å². The summed E-state index contributed by atoms with van der Waals surface area (Å²) in [6, 6.07) is 0.298. The summed E-state index contributed by atoms with van der Waals surface area (Å²) in [4.78, 5) is 16.6. The molecule has 0 fully saturated rings. The van der Waals surface area contributed by atoms with E-state index in [1.807, 2.05) is 6.08 Å². The maximum atomic E-state index is 5.51. The predicted molar refractivity (Wildman–Crippen MR) is 71.4 cm³/mol. The third-order valence-corrected chi connectivity index (χ3v) is 2.35. The Kier molecular flexibility index (Phi) is 4.44. The van der Waals surface area contributed by atoms with Gasteiger partial charge in [0, 0.05) is 19.4 Å². The zero-order chi connectivity index (χ0) is 13.5. The van der Waals surface area contributed by atoms with Crippen LogP contribution in [0.2, 0.25) is 0 Å². The van der Waals surface area contributed by atoms with Crippen LogP contribution < -0.4 is 10.1 Å². The van der Waals surface area contributed by atoms with Gasteiger partial charge >= 0.3 is 6.01 Å². The van der Waals surface area contributed by atoms with Crippen LogP contribution in [0.4, 0.5) is 5.95 Å². The minimum Gasteiger partial charge on any atom is -0.463 e. The molecule has 0 aliphatic rings. The topological polar surface area (TPSA) is 77.8 Å². The molecule has 19 heavy (non-hydrogen) atoms. The summed E-state index contributed by atoms with van der Waals surface area (Å²) in [7, 11) is 1.74. The number of anilines is 1. The summed E-state index contributed by atoms with van der Waals surface area (Å²) in [6.45, 7) is 4.21. The molecule has 2 heterocycles. The van der Waals surface area contributed by atoms with Crippen LogP contribution in [0.1, 0.15) is 12.8 Å². The number of nitrogens with zero attached hydrogens (tertiary/aromatic N) is 5. The van der Waals surface area contributed by atoms with Crippen molar-refractivity contribution in [2.24, 2.45) is 0 Å². The van der Waals surface area contributed by atoms with Crippen LogP contribution in [0.25, 0.3) is 5.95 Å². The maximum absolute atomic E-state index is 5.51. The van der Waals surface area contributed by atoms with E-state index in [2.05, 4.69) is 31.8 Å². The van der Waals surface area contributed by atoms with Gasteiger partial charge < -0.3 is 10.1 Å². The third-order valence-electron chi connectivity index (χ3n) is 2.35. The van der Waals surface area contributed by atoms with Gasteiger partial charge in [0.1, 0.15) is 6.33 Å². The van der Waals surface area contributed by atoms with Gasteiger partial charge in [0.05, 0.1) is 6.61 Å². The van der Waals surface area contributed by atoms with E-state index in [1.165, 1.54) is 0 Å². The largest absolute Gasteiger partial charge is 0.463 e. The van der Waals surface area contributed by atoms with Gasteiger partial charge in [0.15, 0.2) is 0 Å². The number of unbranched alkanes of at least 4 members (excludes halogenated alkanes) is 1. The summed E-state index contributed by atoms with van der Waals surface area (Å²) in [6.07, 6.45) is 8.68. The number of hydrogen-bond donors (Lipinski definition) is 1. The standard InChI is InChI=1S/C12H16N6O/c1-3-4-5-8-19-12-16-10(13-2)15-11(17-12)18-7-6-14-9-18/h3,6-7,9H,1,4-5,8H2,2H3,(H,13,15,16,17). The van der Waals surface area contributed by atoms with Crippen molar-refractivity contribution in [2.75, 3.05) is 19.0 Å². The number of imidazole rings is 1. The maximum Gasteiger partial charge on any atom is 0.323 e. The number of ether oxygens (including phenoxy) is 1. The van der Waals surface area contributed by atoms with Crippen molar-refractivity contribution in [3.63, 3.8) is 0 Å². The molecule has 1 N–H and O–H groups in total. The molecule has 0 radical (unpaired) electrons. The molecule has 0 spiro atoms. The molecular weight excluding hydrogens is 244 g/mol. The molecule has 2 aromatic heterocycles. The van der Waals surface area contributed by atoms with Crippen molar-refractivity contribution in [3.8, 4) is 12.0 Å². The van der Waals surface area contributed by atoms with Crippen molar-refractivity contribution >= 4 is 5.95 Å². The Morgan fingerprint density at radius 1 is 1.42 bits per heavy atom. The van der Waals surface area contributed by atoms with Gasteiger partial charge in [-0.05, 0) is 12.8 Å². The highest BCUT2D eigenvalue weighted by Crippen LogP contribution is 2.10. The number of aromatic nitrogens is 5. The summed E-state index contributed by atoms with van der Waals surface area (Å²) in [5, 5.41) is 2.88. The summed E-state index contributed by atoms with van der Waals surface area (Å²) >= 11 is 0. The number of rotatable bonds is 7. The molecule has 100 valence electrons. The normalized spacial score (nSPS) is 10.2. The van der Waals surface area contributed by atoms with Gasteiger partial charge in [-0.25, -0.2) is 4.98 Å². The van der Waals surface area contributed by atoms with E-state index >= 15 is 0 Å². The summed E-state index contributed by atoms with van der Waals surface area (Å²) < 4.78 is 7.20. The van der Waals surface area contributed by atoms with Crippen molar-refractivity contribution in [2.45, 2.75) is 12.8 Å². The van der Waals surface area contributed by atoms with Crippen molar-refractivity contribution in [3.05, 3.63) is 31.4 Å². The van der Waals surface area contributed by atoms with E-state index in [0.29, 0.717) is 24.5 Å². The van der Waals surface area contributed by atoms with E-state index < -0.39 is 0 Å². The molecule has 7 heteroatoms. The molecule has 0 aromatic carbocycles. The summed E-state index contributed by atoms with van der Waals surface area (Å²) in [5.74, 6) is 0.924. The van der Waals surface area contributed by atoms with Crippen LogP contribution >= 0.6 is 0 Å². The second-order valence-electron chi connectivity index (χ2n) is 3.74. The first-order valence-corrected chi connectivity index (χ1v) is 5.99. The van der Waals surface area contributed by atoms with E-state index in [9.17, 15) is 0 Å². The monoisotopic (exact) mass is 260 g/mol. The van der Waals surface area contributed by atoms with Crippen molar-refractivity contribution < 1.29 is 4.74 Å². The molecule has 0 saturated heterocycles. The SMILES string of the molecule is C=CCCCOc1nc(NC)nc(-n2ccnc2)n1. The van der Waals surface area contributed by atoms with E-state index in [0.717, 1.165) is 12.8 Å². The second kappa shape index (κ2) is 6.48. The highest BCUT2D eigenvalue weighted by molar-refractivity contribution is 5.29. The van der Waals surface area contributed by atoms with Gasteiger partial charge in [-0.2, -0.15) is 15.0 Å². The van der Waals surface area contributed by atoms with Crippen molar-refractivity contribution in [1.82, 2.24) is 24.5 Å². The molecule has 0 bridgehead atoms. The van der Waals surface area contributed by atoms with Gasteiger partial charge in [-0.3, -0.25) is 4.57 Å². The third kappa shape index (κ3) is 3.51. The molecule has 0 saturated carbocycles. The molecule has 2 aromatic rings. The molecule has 2 rings (SSSR count). The smallest absolute Gasteiger partial charge is 0.323 e. The highest BCUT2D eigenvalue weighted by atomic mass is 16.5. The Hall–Kier alpha value is -2.44. The molecule has 0 amide bonds. The van der Waals surface area contributed by atoms with Crippen molar-refractivity contribution in [1.29, 1.82) is 0 Å². The lowest BCUT2D eigenvalue weighted by Crippen LogP contribution is -2.09. The minimum atomic E-state index is 0.298. The highest BCUT2D eigenvalue weighted by Gasteiger charge is 2.07. The molecule has 0 aliphatic carbocycles. The molecular formula is C12H16N6O. The average molecular weight is 260 g/mol. The Morgan fingerprint density at radius 2 is 2.32 bits per heavy atom. The van der Waals surface area contributed by atoms with Gasteiger partial charge in [-0.15, -0.1) is 6.58 Å². The number of nitrogens with one attached hydrogen (secondary N) is 1. The van der Waals surface area contributed by atoms with Crippen LogP contribution in [-0.4, -0.2) is 38.2 Å². The van der Waals surface area contributed by atoms with Crippen LogP contribution in [0.3, 0.4) is 0 Å². The Labute approximate surface area is 111 Å². The second-order valence-corrected chi connectivity index (χ2v) is 3.74. The van der Waals surface area contributed by atoms with Gasteiger partial charge in [-0.1, -0.05) is 6.08 Å². The summed E-state index contributed by atoms with van der Waals surface area (Å²) in [5.41, 5.74) is 0. The van der Waals surface area contributed by atoms with Gasteiger partial charge in [0.2, 0.25) is 11.9 Å². The van der Waals surface area contributed by atoms with E-state index in [-0.39, 0.29) is 0 Å². The minimum absolute atomic E-state index is 0.298. The fraction of sp³-hybridized carbons (Fsp3) is 0.333. The number of hydrogen-bond acceptors (Lipinski definition) is 6. The lowest BCUT2D eigenvalue weighted by atomic mass is 10.3. The van der Waals surface area contributed by atoms with E-state index in [4.69, 9.17) is 4.74 Å². The molecule has 0 atom stereocenters. The first-order chi connectivity index (χ1) is 9.33. The first kappa shape index (κ1) is 13.0. The zero-order valence-electron chi connectivity index (χ0n) is 10.8. The van der Waals surface area contributed by atoms with Crippen LogP contribution in [0.5, 0.6) is 6.01 Å². The van der Waals surface area contributed by atoms with E-state index in [1.54, 1.807) is 30.3 Å². The Bertz CT molecular complexity index is 525. The fourth-order valence-corrected chi connectivity index (χ4v) is 1.41. The lowest BCUT2D eigenvalue weighted by molar-refractivity contribution is 0.287. The molecule has 7 nitrogen and oxygen atoms in total. The predicted octanol–water partition coefficient (Wildman–Crippen LogP) is 1.44. The molecule has 0 aliphatic heterocycles. The average Bonchev–Trinajstić information content (AvgIpc) is 2.97. The molecule has 0 unspecified atom stereocenters. The zero-order valence-corrected chi connectivity index (χ0v) is 10.8. The first-order valence-electron chi connectivity index (χ1n) is 5.99. The van der Waals surface area contributed by atoms with Crippen LogP contribution in [0.15, 0.2) is 31.4 Å². The van der Waals surface area contributed by atoms with Crippen LogP contribution in [-0.2, 0) is 0 Å². The quantitative estimate of drug-likeness (QED) is 0.599. The Morgan fingerprint density at radius 3 is 3.00 bits per heavy atom. The number of allylic oxidation sites excluding steroid dienone is 1. The van der Waals surface area contributed by atoms with Crippen LogP contribution in [0, 0.1) is 0 Å².